The van der Waals surface area contributed by atoms with Crippen molar-refractivity contribution in [3.8, 4) is 6.07 Å². The second-order valence-corrected chi connectivity index (χ2v) is 7.08. The summed E-state index contributed by atoms with van der Waals surface area (Å²) in [5.41, 5.74) is -0.215. The third-order valence-electron chi connectivity index (χ3n) is 5.33. The topological polar surface area (TPSA) is 39.1 Å². The molecule has 3 nitrogen and oxygen atoms in total. The van der Waals surface area contributed by atoms with E-state index in [1.165, 1.54) is 51.6 Å². The molecule has 3 aliphatic rings. The van der Waals surface area contributed by atoms with Crippen LogP contribution in [0.1, 0.15) is 58.3 Å². The van der Waals surface area contributed by atoms with Crippen molar-refractivity contribution in [1.29, 1.82) is 5.26 Å². The highest BCUT2D eigenvalue weighted by atomic mass is 15.2. The molecule has 0 aromatic heterocycles. The molecule has 2 atom stereocenters. The van der Waals surface area contributed by atoms with E-state index in [0.29, 0.717) is 12.1 Å². The van der Waals surface area contributed by atoms with Crippen LogP contribution < -0.4 is 5.32 Å². The summed E-state index contributed by atoms with van der Waals surface area (Å²) in [4.78, 5) is 2.67. The molecule has 0 aromatic carbocycles. The summed E-state index contributed by atoms with van der Waals surface area (Å²) in [7, 11) is 0. The highest BCUT2D eigenvalue weighted by Crippen LogP contribution is 2.35. The van der Waals surface area contributed by atoms with Gasteiger partial charge in [-0.1, -0.05) is 6.92 Å². The van der Waals surface area contributed by atoms with Gasteiger partial charge in [0.1, 0.15) is 5.54 Å². The maximum Gasteiger partial charge on any atom is 0.108 e. The molecule has 2 unspecified atom stereocenters. The molecule has 3 heteroatoms. The summed E-state index contributed by atoms with van der Waals surface area (Å²) >= 11 is 0. The van der Waals surface area contributed by atoms with Gasteiger partial charge in [0.05, 0.1) is 6.07 Å². The molecule has 1 saturated heterocycles. The lowest BCUT2D eigenvalue weighted by Crippen LogP contribution is -2.54. The van der Waals surface area contributed by atoms with Crippen molar-refractivity contribution in [2.24, 2.45) is 5.92 Å². The highest BCUT2D eigenvalue weighted by Gasteiger charge is 2.42. The maximum atomic E-state index is 9.65. The molecule has 1 heterocycles. The molecule has 1 N–H and O–H groups in total. The minimum Gasteiger partial charge on any atom is -0.300 e. The first kappa shape index (κ1) is 13.4. The standard InChI is InChI=1S/C16H27N3/c1-13-6-9-19(10-7-13)15-3-2-8-16(11-15,12-17)18-14-4-5-14/h13-15,18H,2-11H2,1H3. The minimum absolute atomic E-state index is 0.215. The van der Waals surface area contributed by atoms with Crippen LogP contribution in [0.15, 0.2) is 0 Å². The Kier molecular flexibility index (Phi) is 3.82. The largest absolute Gasteiger partial charge is 0.300 e. The van der Waals surface area contributed by atoms with Crippen LogP contribution in [-0.4, -0.2) is 35.6 Å². The fourth-order valence-corrected chi connectivity index (χ4v) is 3.83. The predicted molar refractivity (Wildman–Crippen MR) is 76.7 cm³/mol. The first-order valence-corrected chi connectivity index (χ1v) is 8.14. The third-order valence-corrected chi connectivity index (χ3v) is 5.33. The number of nitrogens with zero attached hydrogens (tertiary/aromatic N) is 2. The zero-order valence-corrected chi connectivity index (χ0v) is 12.2. The molecule has 0 bridgehead atoms. The SMILES string of the molecule is CC1CCN(C2CCCC(C#N)(NC3CC3)C2)CC1. The Labute approximate surface area is 117 Å². The van der Waals surface area contributed by atoms with Crippen LogP contribution in [0.4, 0.5) is 0 Å². The summed E-state index contributed by atoms with van der Waals surface area (Å²) in [6.45, 7) is 4.86. The number of likely N-dealkylation sites (tertiary alicyclic amines) is 1. The fraction of sp³-hybridized carbons (Fsp3) is 0.938. The zero-order chi connectivity index (χ0) is 13.3. The predicted octanol–water partition coefficient (Wildman–Crippen LogP) is 2.68. The van der Waals surface area contributed by atoms with Crippen LogP contribution in [0.3, 0.4) is 0 Å². The van der Waals surface area contributed by atoms with Gasteiger partial charge in [-0.15, -0.1) is 0 Å². The minimum atomic E-state index is -0.215. The molecular formula is C16H27N3. The van der Waals surface area contributed by atoms with E-state index < -0.39 is 0 Å². The van der Waals surface area contributed by atoms with Crippen molar-refractivity contribution >= 4 is 0 Å². The number of nitrogens with one attached hydrogen (secondary N) is 1. The molecule has 2 aliphatic carbocycles. The van der Waals surface area contributed by atoms with Gasteiger partial charge in [-0.3, -0.25) is 5.32 Å². The van der Waals surface area contributed by atoms with Gasteiger partial charge in [-0.2, -0.15) is 5.26 Å². The van der Waals surface area contributed by atoms with Gasteiger partial charge in [-0.25, -0.2) is 0 Å². The second kappa shape index (κ2) is 5.42. The Hall–Kier alpha value is -0.590. The Morgan fingerprint density at radius 1 is 1.16 bits per heavy atom. The molecule has 0 aromatic rings. The van der Waals surface area contributed by atoms with Gasteiger partial charge in [0, 0.05) is 12.1 Å². The quantitative estimate of drug-likeness (QED) is 0.849. The molecular weight excluding hydrogens is 234 g/mol. The van der Waals surface area contributed by atoms with E-state index in [9.17, 15) is 5.26 Å². The summed E-state index contributed by atoms with van der Waals surface area (Å²) in [5, 5.41) is 13.3. The monoisotopic (exact) mass is 261 g/mol. The van der Waals surface area contributed by atoms with E-state index in [1.807, 2.05) is 0 Å². The van der Waals surface area contributed by atoms with Crippen LogP contribution in [0.2, 0.25) is 0 Å². The molecule has 19 heavy (non-hydrogen) atoms. The van der Waals surface area contributed by atoms with E-state index >= 15 is 0 Å². The number of piperidine rings is 1. The summed E-state index contributed by atoms with van der Waals surface area (Å²) in [6, 6.07) is 3.91. The third kappa shape index (κ3) is 3.12. The molecule has 0 spiro atoms. The Bertz CT molecular complexity index is 349. The van der Waals surface area contributed by atoms with Crippen LogP contribution in [0, 0.1) is 17.2 Å². The van der Waals surface area contributed by atoms with Crippen LogP contribution in [-0.2, 0) is 0 Å². The van der Waals surface area contributed by atoms with Crippen molar-refractivity contribution in [2.75, 3.05) is 13.1 Å². The van der Waals surface area contributed by atoms with E-state index in [4.69, 9.17) is 0 Å². The van der Waals surface area contributed by atoms with Crippen molar-refractivity contribution < 1.29 is 0 Å². The van der Waals surface area contributed by atoms with Crippen LogP contribution in [0.5, 0.6) is 0 Å². The van der Waals surface area contributed by atoms with E-state index in [0.717, 1.165) is 18.8 Å². The first-order valence-electron chi connectivity index (χ1n) is 8.14. The van der Waals surface area contributed by atoms with Gasteiger partial charge in [0.25, 0.3) is 0 Å². The average molecular weight is 261 g/mol. The maximum absolute atomic E-state index is 9.65. The fourth-order valence-electron chi connectivity index (χ4n) is 3.83. The Morgan fingerprint density at radius 3 is 2.53 bits per heavy atom. The van der Waals surface area contributed by atoms with Gasteiger partial charge >= 0.3 is 0 Å². The van der Waals surface area contributed by atoms with Crippen molar-refractivity contribution in [2.45, 2.75) is 75.9 Å². The van der Waals surface area contributed by atoms with Gasteiger partial charge in [0.15, 0.2) is 0 Å². The van der Waals surface area contributed by atoms with Crippen LogP contribution in [0.25, 0.3) is 0 Å². The van der Waals surface area contributed by atoms with Crippen molar-refractivity contribution in [1.82, 2.24) is 10.2 Å². The molecule has 3 rings (SSSR count). The summed E-state index contributed by atoms with van der Waals surface area (Å²) < 4.78 is 0. The molecule has 0 amide bonds. The number of hydrogen-bond donors (Lipinski definition) is 1. The average Bonchev–Trinajstić information content (AvgIpc) is 3.24. The smallest absolute Gasteiger partial charge is 0.108 e. The van der Waals surface area contributed by atoms with Gasteiger partial charge < -0.3 is 4.90 Å². The zero-order valence-electron chi connectivity index (χ0n) is 12.2. The van der Waals surface area contributed by atoms with Crippen LogP contribution >= 0.6 is 0 Å². The normalized spacial score (nSPS) is 38.0. The molecule has 1 aliphatic heterocycles. The lowest BCUT2D eigenvalue weighted by atomic mass is 9.78. The lowest BCUT2D eigenvalue weighted by Gasteiger charge is -2.44. The Morgan fingerprint density at radius 2 is 1.89 bits per heavy atom. The molecule has 0 radical (unpaired) electrons. The molecule has 106 valence electrons. The summed E-state index contributed by atoms with van der Waals surface area (Å²) in [5.74, 6) is 0.894. The first-order chi connectivity index (χ1) is 9.21. The number of nitriles is 1. The second-order valence-electron chi connectivity index (χ2n) is 7.08. The van der Waals surface area contributed by atoms with Gasteiger partial charge in [0.2, 0.25) is 0 Å². The van der Waals surface area contributed by atoms with Gasteiger partial charge in [-0.05, 0) is 70.4 Å². The van der Waals surface area contributed by atoms with E-state index in [1.54, 1.807) is 0 Å². The highest BCUT2D eigenvalue weighted by molar-refractivity contribution is 5.13. The van der Waals surface area contributed by atoms with Crippen molar-refractivity contribution in [3.63, 3.8) is 0 Å². The molecule has 2 saturated carbocycles. The lowest BCUT2D eigenvalue weighted by molar-refractivity contribution is 0.0862. The molecule has 3 fully saturated rings. The van der Waals surface area contributed by atoms with E-state index in [2.05, 4.69) is 23.2 Å². The number of rotatable bonds is 3. The van der Waals surface area contributed by atoms with Crippen molar-refractivity contribution in [3.05, 3.63) is 0 Å². The van der Waals surface area contributed by atoms with E-state index in [-0.39, 0.29) is 5.54 Å². The summed E-state index contributed by atoms with van der Waals surface area (Å²) in [6.07, 6.45) is 9.84. The Balaban J connectivity index is 1.61. The number of hydrogen-bond acceptors (Lipinski definition) is 3.